The second kappa shape index (κ2) is 11.3. The third-order valence-corrected chi connectivity index (χ3v) is 2.49. The molecule has 0 saturated heterocycles. The van der Waals surface area contributed by atoms with Crippen molar-refractivity contribution < 1.29 is 13.2 Å². The first-order chi connectivity index (χ1) is 9.32. The Labute approximate surface area is 121 Å². The molecule has 0 unspecified atom stereocenters. The number of hydrogen-bond donors (Lipinski definition) is 0. The Bertz CT molecular complexity index is 380. The quantitative estimate of drug-likeness (QED) is 0.399. The van der Waals surface area contributed by atoms with Gasteiger partial charge in [0, 0.05) is 5.57 Å². The summed E-state index contributed by atoms with van der Waals surface area (Å²) < 4.78 is 34.1. The van der Waals surface area contributed by atoms with Gasteiger partial charge in [0.05, 0.1) is 0 Å². The lowest BCUT2D eigenvalue weighted by Crippen LogP contribution is -2.07. The number of alkyl halides is 3. The maximum atomic E-state index is 11.4. The van der Waals surface area contributed by atoms with E-state index < -0.39 is 11.7 Å². The van der Waals surface area contributed by atoms with Gasteiger partial charge in [0.2, 0.25) is 0 Å². The predicted octanol–water partition coefficient (Wildman–Crippen LogP) is 6.55. The highest BCUT2D eigenvalue weighted by molar-refractivity contribution is 5.44. The molecule has 0 aliphatic heterocycles. The van der Waals surface area contributed by atoms with Crippen molar-refractivity contribution in [2.75, 3.05) is 0 Å². The molecule has 0 bridgehead atoms. The number of halogens is 3. The van der Waals surface area contributed by atoms with Crippen LogP contribution in [0, 0.1) is 0 Å². The average molecular weight is 286 g/mol. The Hall–Kier alpha value is -1.51. The summed E-state index contributed by atoms with van der Waals surface area (Å²) in [5.74, 6) is 0. The molecular weight excluding hydrogens is 261 g/mol. The molecule has 0 amide bonds. The molecule has 3 heteroatoms. The standard InChI is InChI=1S/C10H12.C5H7F3.C2H6/c1-3-9(2)10-7-5-4-6-8-10;1-3-4(2)5(6,7)8;1-2/h3,5,7-8H,1-2,4,6H2;3H,1-2H3;1-2H3/b;4-3+;. The normalized spacial score (nSPS) is 14.2. The van der Waals surface area contributed by atoms with Crippen LogP contribution in [0.1, 0.15) is 40.5 Å². The first-order valence-corrected chi connectivity index (χ1v) is 6.71. The van der Waals surface area contributed by atoms with Crippen LogP contribution in [0.3, 0.4) is 0 Å². The van der Waals surface area contributed by atoms with Gasteiger partial charge in [-0.2, -0.15) is 13.2 Å². The Morgan fingerprint density at radius 2 is 1.80 bits per heavy atom. The van der Waals surface area contributed by atoms with E-state index in [2.05, 4.69) is 31.4 Å². The monoisotopic (exact) mass is 286 g/mol. The SMILES string of the molecule is C/C=C(\C)C(F)(F)F.C=CC(=C)C1=CCCC=C1.CC. The Morgan fingerprint density at radius 3 is 2.05 bits per heavy atom. The third kappa shape index (κ3) is 9.42. The van der Waals surface area contributed by atoms with Gasteiger partial charge < -0.3 is 0 Å². The average Bonchev–Trinajstić information content (AvgIpc) is 2.48. The summed E-state index contributed by atoms with van der Waals surface area (Å²) in [6.07, 6.45) is 7.48. The highest BCUT2D eigenvalue weighted by atomic mass is 19.4. The molecular formula is C17H25F3. The van der Waals surface area contributed by atoms with E-state index in [0.29, 0.717) is 0 Å². The molecule has 0 aromatic heterocycles. The van der Waals surface area contributed by atoms with Crippen LogP contribution < -0.4 is 0 Å². The van der Waals surface area contributed by atoms with Gasteiger partial charge in [0.1, 0.15) is 0 Å². The molecule has 20 heavy (non-hydrogen) atoms. The van der Waals surface area contributed by atoms with Crippen LogP contribution in [0.4, 0.5) is 13.2 Å². The smallest absolute Gasteiger partial charge is 0.167 e. The van der Waals surface area contributed by atoms with Crippen LogP contribution >= 0.6 is 0 Å². The second-order valence-corrected chi connectivity index (χ2v) is 3.84. The van der Waals surface area contributed by atoms with Crippen molar-refractivity contribution in [1.82, 2.24) is 0 Å². The van der Waals surface area contributed by atoms with E-state index in [9.17, 15) is 13.2 Å². The van der Waals surface area contributed by atoms with Crippen LogP contribution in [-0.2, 0) is 0 Å². The predicted molar refractivity (Wildman–Crippen MR) is 82.6 cm³/mol. The number of hydrogen-bond acceptors (Lipinski definition) is 0. The molecule has 1 rings (SSSR count). The zero-order valence-corrected chi connectivity index (χ0v) is 12.8. The minimum absolute atomic E-state index is 0.544. The topological polar surface area (TPSA) is 0 Å². The van der Waals surface area contributed by atoms with E-state index in [1.165, 1.54) is 12.5 Å². The van der Waals surface area contributed by atoms with Crippen molar-refractivity contribution in [3.63, 3.8) is 0 Å². The molecule has 0 heterocycles. The van der Waals surface area contributed by atoms with Crippen molar-refractivity contribution in [3.8, 4) is 0 Å². The molecule has 0 saturated carbocycles. The summed E-state index contributed by atoms with van der Waals surface area (Å²) in [6, 6.07) is 0. The van der Waals surface area contributed by atoms with E-state index >= 15 is 0 Å². The van der Waals surface area contributed by atoms with Crippen molar-refractivity contribution in [1.29, 1.82) is 0 Å². The van der Waals surface area contributed by atoms with Gasteiger partial charge in [-0.25, -0.2) is 0 Å². The summed E-state index contributed by atoms with van der Waals surface area (Å²) in [6.45, 7) is 13.9. The highest BCUT2D eigenvalue weighted by Crippen LogP contribution is 2.24. The maximum Gasteiger partial charge on any atom is 0.412 e. The van der Waals surface area contributed by atoms with Gasteiger partial charge in [0.25, 0.3) is 0 Å². The molecule has 114 valence electrons. The Morgan fingerprint density at radius 1 is 1.25 bits per heavy atom. The van der Waals surface area contributed by atoms with Gasteiger partial charge >= 0.3 is 6.18 Å². The molecule has 1 aliphatic rings. The first kappa shape index (κ1) is 20.8. The largest absolute Gasteiger partial charge is 0.412 e. The second-order valence-electron chi connectivity index (χ2n) is 3.84. The summed E-state index contributed by atoms with van der Waals surface area (Å²) >= 11 is 0. The summed E-state index contributed by atoms with van der Waals surface area (Å²) in [5, 5.41) is 0. The van der Waals surface area contributed by atoms with Crippen molar-refractivity contribution in [3.05, 3.63) is 60.3 Å². The van der Waals surface area contributed by atoms with Crippen LogP contribution in [0.25, 0.3) is 0 Å². The Balaban J connectivity index is 0. The lowest BCUT2D eigenvalue weighted by Gasteiger charge is -2.04. The molecule has 0 nitrogen and oxygen atoms in total. The van der Waals surface area contributed by atoms with Crippen LogP contribution in [-0.4, -0.2) is 6.18 Å². The highest BCUT2D eigenvalue weighted by Gasteiger charge is 2.28. The van der Waals surface area contributed by atoms with Crippen molar-refractivity contribution in [2.45, 2.75) is 46.7 Å². The van der Waals surface area contributed by atoms with E-state index in [1.807, 2.05) is 13.8 Å². The lowest BCUT2D eigenvalue weighted by molar-refractivity contribution is -0.0914. The Kier molecular flexibility index (Phi) is 11.8. The third-order valence-electron chi connectivity index (χ3n) is 2.49. The minimum atomic E-state index is -4.13. The molecule has 0 N–H and O–H groups in total. The number of rotatable bonds is 2. The summed E-state index contributed by atoms with van der Waals surface area (Å²) in [5.41, 5.74) is 1.70. The molecule has 0 fully saturated rings. The molecule has 0 aromatic carbocycles. The zero-order chi connectivity index (χ0) is 16.2. The summed E-state index contributed by atoms with van der Waals surface area (Å²) in [7, 11) is 0. The van der Waals surface area contributed by atoms with Crippen molar-refractivity contribution >= 4 is 0 Å². The van der Waals surface area contributed by atoms with E-state index in [0.717, 1.165) is 31.4 Å². The number of allylic oxidation sites excluding steroid dienone is 8. The van der Waals surface area contributed by atoms with E-state index in [4.69, 9.17) is 0 Å². The first-order valence-electron chi connectivity index (χ1n) is 6.71. The fraction of sp³-hybridized carbons (Fsp3) is 0.412. The summed E-state index contributed by atoms with van der Waals surface area (Å²) in [4.78, 5) is 0. The van der Waals surface area contributed by atoms with Crippen molar-refractivity contribution in [2.24, 2.45) is 0 Å². The van der Waals surface area contributed by atoms with E-state index in [1.54, 1.807) is 6.08 Å². The zero-order valence-electron chi connectivity index (χ0n) is 12.8. The molecule has 0 radical (unpaired) electrons. The maximum absolute atomic E-state index is 11.4. The van der Waals surface area contributed by atoms with Gasteiger partial charge in [0.15, 0.2) is 0 Å². The fourth-order valence-electron chi connectivity index (χ4n) is 1.13. The fourth-order valence-corrected chi connectivity index (χ4v) is 1.13. The van der Waals surface area contributed by atoms with Crippen LogP contribution in [0.2, 0.25) is 0 Å². The van der Waals surface area contributed by atoms with Crippen LogP contribution in [0.5, 0.6) is 0 Å². The lowest BCUT2D eigenvalue weighted by atomic mass is 10.0. The van der Waals surface area contributed by atoms with Gasteiger partial charge in [-0.1, -0.05) is 57.4 Å². The molecule has 0 aromatic rings. The van der Waals surface area contributed by atoms with Gasteiger partial charge in [-0.05, 0) is 37.8 Å². The minimum Gasteiger partial charge on any atom is -0.167 e. The molecule has 0 atom stereocenters. The van der Waals surface area contributed by atoms with Gasteiger partial charge in [-0.15, -0.1) is 0 Å². The van der Waals surface area contributed by atoms with E-state index in [-0.39, 0.29) is 0 Å². The molecule has 0 spiro atoms. The van der Waals surface area contributed by atoms with Gasteiger partial charge in [-0.3, -0.25) is 0 Å². The van der Waals surface area contributed by atoms with Crippen LogP contribution in [0.15, 0.2) is 60.3 Å². The molecule has 1 aliphatic carbocycles.